The molecule has 0 spiro atoms. The summed E-state index contributed by atoms with van der Waals surface area (Å²) in [6.07, 6.45) is 0.768. The van der Waals surface area contributed by atoms with Gasteiger partial charge in [-0.3, -0.25) is 4.79 Å². The molecule has 2 aromatic carbocycles. The molecule has 0 aliphatic rings. The van der Waals surface area contributed by atoms with Crippen LogP contribution in [0, 0.1) is 0 Å². The average molecular weight is 360 g/mol. The highest BCUT2D eigenvalue weighted by molar-refractivity contribution is 5.84. The van der Waals surface area contributed by atoms with Crippen molar-refractivity contribution in [2.45, 2.75) is 25.9 Å². The molecule has 0 bridgehead atoms. The average Bonchev–Trinajstić information content (AvgIpc) is 3.15. The van der Waals surface area contributed by atoms with Crippen molar-refractivity contribution in [3.8, 4) is 0 Å². The lowest BCUT2D eigenvalue weighted by Crippen LogP contribution is -2.17. The van der Waals surface area contributed by atoms with Crippen molar-refractivity contribution in [3.63, 3.8) is 0 Å². The highest BCUT2D eigenvalue weighted by Gasteiger charge is 2.16. The summed E-state index contributed by atoms with van der Waals surface area (Å²) < 4.78 is 1.64. The van der Waals surface area contributed by atoms with E-state index < -0.39 is 0 Å². The van der Waals surface area contributed by atoms with Crippen molar-refractivity contribution in [2.24, 2.45) is 0 Å². The molecule has 2 heterocycles. The van der Waals surface area contributed by atoms with Crippen molar-refractivity contribution >= 4 is 16.9 Å². The fourth-order valence-corrected chi connectivity index (χ4v) is 3.08. The van der Waals surface area contributed by atoms with Gasteiger partial charge in [0, 0.05) is 6.54 Å². The molecule has 2 aromatic heterocycles. The zero-order chi connectivity index (χ0) is 18.6. The third-order valence-electron chi connectivity index (χ3n) is 4.55. The first-order valence-electron chi connectivity index (χ1n) is 8.89. The Kier molecular flexibility index (Phi) is 4.65. The van der Waals surface area contributed by atoms with Crippen LogP contribution in [0.25, 0.3) is 11.0 Å². The maximum atomic E-state index is 12.3. The largest absolute Gasteiger partial charge is 0.360 e. The molecule has 0 amide bonds. The molecule has 0 aliphatic carbocycles. The molecule has 4 rings (SSSR count). The predicted octanol–water partition coefficient (Wildman–Crippen LogP) is 2.93. The van der Waals surface area contributed by atoms with Crippen LogP contribution in [0.4, 0.5) is 5.82 Å². The summed E-state index contributed by atoms with van der Waals surface area (Å²) >= 11 is 0. The molecule has 1 unspecified atom stereocenters. The van der Waals surface area contributed by atoms with Crippen molar-refractivity contribution < 1.29 is 0 Å². The van der Waals surface area contributed by atoms with Gasteiger partial charge < -0.3 is 5.32 Å². The molecule has 7 nitrogen and oxygen atoms in total. The number of rotatable bonds is 6. The van der Waals surface area contributed by atoms with E-state index in [0.717, 1.165) is 12.0 Å². The van der Waals surface area contributed by atoms with E-state index in [4.69, 9.17) is 0 Å². The maximum Gasteiger partial charge on any atom is 0.292 e. The molecular formula is C20H20N6O. The normalized spacial score (nSPS) is 12.2. The van der Waals surface area contributed by atoms with Crippen LogP contribution in [0.1, 0.15) is 24.1 Å². The van der Waals surface area contributed by atoms with E-state index in [1.807, 2.05) is 55.5 Å². The number of aromatic nitrogens is 5. The van der Waals surface area contributed by atoms with Crippen LogP contribution in [-0.2, 0) is 13.0 Å². The fourth-order valence-electron chi connectivity index (χ4n) is 3.08. The number of H-pyrrole nitrogens is 1. The summed E-state index contributed by atoms with van der Waals surface area (Å²) in [6, 6.07) is 20.1. The van der Waals surface area contributed by atoms with E-state index in [9.17, 15) is 4.79 Å². The molecule has 0 aliphatic heterocycles. The Bertz CT molecular complexity index is 1090. The third kappa shape index (κ3) is 3.57. The SMILES string of the molecule is CC(Nc1n[nH]c(=O)c2c1nnn2CCc1ccccc1)c1ccccc1. The number of aromatic amines is 1. The molecule has 0 radical (unpaired) electrons. The maximum absolute atomic E-state index is 12.3. The van der Waals surface area contributed by atoms with Gasteiger partial charge in [-0.25, -0.2) is 9.78 Å². The highest BCUT2D eigenvalue weighted by atomic mass is 16.1. The quantitative estimate of drug-likeness (QED) is 0.552. The Morgan fingerprint density at radius 3 is 2.52 bits per heavy atom. The molecule has 0 saturated heterocycles. The van der Waals surface area contributed by atoms with Crippen LogP contribution in [0.5, 0.6) is 0 Å². The molecule has 136 valence electrons. The second kappa shape index (κ2) is 7.41. The molecule has 7 heteroatoms. The van der Waals surface area contributed by atoms with Gasteiger partial charge in [0.1, 0.15) is 0 Å². The number of fused-ring (bicyclic) bond motifs is 1. The van der Waals surface area contributed by atoms with Gasteiger partial charge in [0.2, 0.25) is 0 Å². The number of benzene rings is 2. The molecule has 0 fully saturated rings. The summed E-state index contributed by atoms with van der Waals surface area (Å²) in [6.45, 7) is 2.61. The Balaban J connectivity index is 1.61. The minimum atomic E-state index is -0.291. The van der Waals surface area contributed by atoms with Crippen LogP contribution in [0.2, 0.25) is 0 Å². The van der Waals surface area contributed by atoms with Crippen LogP contribution < -0.4 is 10.9 Å². The Morgan fingerprint density at radius 1 is 1.07 bits per heavy atom. The van der Waals surface area contributed by atoms with Gasteiger partial charge in [-0.1, -0.05) is 65.9 Å². The van der Waals surface area contributed by atoms with E-state index in [1.165, 1.54) is 5.56 Å². The van der Waals surface area contributed by atoms with Gasteiger partial charge in [0.05, 0.1) is 6.04 Å². The summed E-state index contributed by atoms with van der Waals surface area (Å²) in [7, 11) is 0. The number of nitrogens with zero attached hydrogens (tertiary/aromatic N) is 4. The van der Waals surface area contributed by atoms with E-state index >= 15 is 0 Å². The van der Waals surface area contributed by atoms with E-state index in [2.05, 4.69) is 38.0 Å². The van der Waals surface area contributed by atoms with Crippen molar-refractivity contribution in [1.29, 1.82) is 0 Å². The smallest absolute Gasteiger partial charge is 0.292 e. The van der Waals surface area contributed by atoms with Crippen LogP contribution in [-0.4, -0.2) is 25.2 Å². The van der Waals surface area contributed by atoms with Crippen LogP contribution in [0.15, 0.2) is 65.5 Å². The Labute approximate surface area is 156 Å². The lowest BCUT2D eigenvalue weighted by molar-refractivity contribution is 0.604. The van der Waals surface area contributed by atoms with Gasteiger partial charge in [0.15, 0.2) is 16.9 Å². The van der Waals surface area contributed by atoms with Crippen LogP contribution >= 0.6 is 0 Å². The van der Waals surface area contributed by atoms with Gasteiger partial charge in [-0.05, 0) is 24.5 Å². The van der Waals surface area contributed by atoms with E-state index in [1.54, 1.807) is 4.68 Å². The summed E-state index contributed by atoms with van der Waals surface area (Å²) in [4.78, 5) is 12.3. The summed E-state index contributed by atoms with van der Waals surface area (Å²) in [5.41, 5.74) is 2.93. The van der Waals surface area contributed by atoms with Gasteiger partial charge in [-0.2, -0.15) is 5.10 Å². The predicted molar refractivity (Wildman–Crippen MR) is 105 cm³/mol. The van der Waals surface area contributed by atoms with Gasteiger partial charge in [0.25, 0.3) is 5.56 Å². The zero-order valence-corrected chi connectivity index (χ0v) is 15.0. The topological polar surface area (TPSA) is 88.5 Å². The molecular weight excluding hydrogens is 340 g/mol. The number of anilines is 1. The minimum Gasteiger partial charge on any atom is -0.360 e. The molecule has 0 saturated carbocycles. The zero-order valence-electron chi connectivity index (χ0n) is 15.0. The molecule has 1 atom stereocenters. The molecule has 27 heavy (non-hydrogen) atoms. The second-order valence-corrected chi connectivity index (χ2v) is 6.42. The first-order chi connectivity index (χ1) is 13.2. The van der Waals surface area contributed by atoms with E-state index in [0.29, 0.717) is 23.4 Å². The molecule has 4 aromatic rings. The monoisotopic (exact) mass is 360 g/mol. The fraction of sp³-hybridized carbons (Fsp3) is 0.200. The standard InChI is InChI=1S/C20H20N6O/c1-14(16-10-6-3-7-11-16)21-19-17-18(20(27)24-23-19)26(25-22-17)13-12-15-8-4-2-5-9-15/h2-11,14H,12-13H2,1H3,(H,21,23)(H,24,27). The summed E-state index contributed by atoms with van der Waals surface area (Å²) in [5, 5.41) is 18.4. The highest BCUT2D eigenvalue weighted by Crippen LogP contribution is 2.21. The number of aryl methyl sites for hydroxylation is 2. The van der Waals surface area contributed by atoms with Gasteiger partial charge in [-0.15, -0.1) is 5.10 Å². The number of hydrogen-bond donors (Lipinski definition) is 2. The van der Waals surface area contributed by atoms with Crippen molar-refractivity contribution in [3.05, 3.63) is 82.1 Å². The minimum absolute atomic E-state index is 0.0160. The van der Waals surface area contributed by atoms with Crippen molar-refractivity contribution in [2.75, 3.05) is 5.32 Å². The van der Waals surface area contributed by atoms with Gasteiger partial charge >= 0.3 is 0 Å². The number of hydrogen-bond acceptors (Lipinski definition) is 5. The van der Waals surface area contributed by atoms with Crippen molar-refractivity contribution in [1.82, 2.24) is 25.2 Å². The molecule has 2 N–H and O–H groups in total. The Morgan fingerprint density at radius 2 is 1.78 bits per heavy atom. The third-order valence-corrected chi connectivity index (χ3v) is 4.55. The summed E-state index contributed by atoms with van der Waals surface area (Å²) in [5.74, 6) is 0.520. The second-order valence-electron chi connectivity index (χ2n) is 6.42. The first kappa shape index (κ1) is 17.0. The Hall–Kier alpha value is -3.48. The van der Waals surface area contributed by atoms with Crippen LogP contribution in [0.3, 0.4) is 0 Å². The first-order valence-corrected chi connectivity index (χ1v) is 8.89. The lowest BCUT2D eigenvalue weighted by atomic mass is 10.1. The van der Waals surface area contributed by atoms with E-state index in [-0.39, 0.29) is 11.6 Å². The number of nitrogens with one attached hydrogen (secondary N) is 2. The lowest BCUT2D eigenvalue weighted by Gasteiger charge is -2.14.